The molecule has 0 atom stereocenters. The first-order valence-corrected chi connectivity index (χ1v) is 11.6. The molecule has 0 radical (unpaired) electrons. The summed E-state index contributed by atoms with van der Waals surface area (Å²) >= 11 is 0. The van der Waals surface area contributed by atoms with Crippen molar-refractivity contribution in [3.63, 3.8) is 0 Å². The molecule has 0 saturated carbocycles. The predicted molar refractivity (Wildman–Crippen MR) is 128 cm³/mol. The maximum Gasteiger partial charge on any atom is 0.234 e. The fraction of sp³-hybridized carbons (Fsp3) is 0.462. The van der Waals surface area contributed by atoms with E-state index in [2.05, 4.69) is 58.5 Å². The average Bonchev–Trinajstić information content (AvgIpc) is 2.80. The second-order valence-corrected chi connectivity index (χ2v) is 8.81. The monoisotopic (exact) mass is 436 g/mol. The van der Waals surface area contributed by atoms with Gasteiger partial charge in [0, 0.05) is 39.3 Å². The summed E-state index contributed by atoms with van der Waals surface area (Å²) in [6, 6.07) is 18.6. The summed E-state index contributed by atoms with van der Waals surface area (Å²) in [6.07, 6.45) is 0.843. The van der Waals surface area contributed by atoms with Gasteiger partial charge in [-0.1, -0.05) is 68.4 Å². The molecule has 3 rings (SSSR count). The first-order valence-electron chi connectivity index (χ1n) is 11.6. The molecule has 2 N–H and O–H groups in total. The van der Waals surface area contributed by atoms with Gasteiger partial charge in [0.25, 0.3) is 0 Å². The molecular weight excluding hydrogens is 400 g/mol. The quantitative estimate of drug-likeness (QED) is 0.600. The Hall–Kier alpha value is -2.70. The van der Waals surface area contributed by atoms with Gasteiger partial charge in [-0.2, -0.15) is 0 Å². The Bertz CT molecular complexity index is 844. The molecule has 0 bridgehead atoms. The van der Waals surface area contributed by atoms with Crippen LogP contribution in [0.5, 0.6) is 0 Å². The highest BCUT2D eigenvalue weighted by Crippen LogP contribution is 2.14. The fourth-order valence-electron chi connectivity index (χ4n) is 3.84. The zero-order valence-corrected chi connectivity index (χ0v) is 19.3. The van der Waals surface area contributed by atoms with E-state index in [-0.39, 0.29) is 11.8 Å². The minimum atomic E-state index is 0.0430. The predicted octanol–water partition coefficient (Wildman–Crippen LogP) is 2.40. The molecule has 0 aromatic heterocycles. The second kappa shape index (κ2) is 12.4. The molecule has 1 fully saturated rings. The van der Waals surface area contributed by atoms with E-state index >= 15 is 0 Å². The summed E-state index contributed by atoms with van der Waals surface area (Å²) in [6.45, 7) is 9.62. The third-order valence-corrected chi connectivity index (χ3v) is 5.91. The first kappa shape index (κ1) is 24.0. The summed E-state index contributed by atoms with van der Waals surface area (Å²) in [5, 5.41) is 6.01. The van der Waals surface area contributed by atoms with Crippen LogP contribution in [0.25, 0.3) is 0 Å². The van der Waals surface area contributed by atoms with E-state index in [0.29, 0.717) is 32.1 Å². The van der Waals surface area contributed by atoms with Crippen LogP contribution in [0.2, 0.25) is 0 Å². The Morgan fingerprint density at radius 3 is 1.91 bits per heavy atom. The van der Waals surface area contributed by atoms with Crippen molar-refractivity contribution < 1.29 is 9.59 Å². The highest BCUT2D eigenvalue weighted by atomic mass is 16.2. The standard InChI is InChI=1S/C26H36N4O2/c1-21(2)24-10-8-22(9-11-24)12-13-27-25(31)19-29-14-16-30(17-15-29)20-26(32)28-18-23-6-4-3-5-7-23/h3-11,21H,12-20H2,1-2H3,(H,27,31)(H,28,32). The lowest BCUT2D eigenvalue weighted by atomic mass is 10.0. The summed E-state index contributed by atoms with van der Waals surface area (Å²) in [5.74, 6) is 0.646. The molecule has 2 aromatic carbocycles. The molecule has 1 aliphatic rings. The van der Waals surface area contributed by atoms with Gasteiger partial charge in [-0.25, -0.2) is 0 Å². The van der Waals surface area contributed by atoms with Gasteiger partial charge in [0.05, 0.1) is 13.1 Å². The zero-order chi connectivity index (χ0) is 22.8. The zero-order valence-electron chi connectivity index (χ0n) is 19.3. The maximum atomic E-state index is 12.3. The van der Waals surface area contributed by atoms with Crippen LogP contribution in [0.1, 0.15) is 36.5 Å². The lowest BCUT2D eigenvalue weighted by Crippen LogP contribution is -2.51. The van der Waals surface area contributed by atoms with Gasteiger partial charge in [0.2, 0.25) is 11.8 Å². The van der Waals surface area contributed by atoms with Gasteiger partial charge in [-0.3, -0.25) is 19.4 Å². The van der Waals surface area contributed by atoms with Crippen LogP contribution >= 0.6 is 0 Å². The van der Waals surface area contributed by atoms with Crippen LogP contribution in [0.3, 0.4) is 0 Å². The number of nitrogens with zero attached hydrogens (tertiary/aromatic N) is 2. The lowest BCUT2D eigenvalue weighted by molar-refractivity contribution is -0.125. The number of amides is 2. The first-order chi connectivity index (χ1) is 15.5. The van der Waals surface area contributed by atoms with Gasteiger partial charge in [0.1, 0.15) is 0 Å². The van der Waals surface area contributed by atoms with E-state index < -0.39 is 0 Å². The summed E-state index contributed by atoms with van der Waals surface area (Å²) in [4.78, 5) is 28.8. The fourth-order valence-corrected chi connectivity index (χ4v) is 3.84. The van der Waals surface area contributed by atoms with Gasteiger partial charge in [-0.15, -0.1) is 0 Å². The minimum Gasteiger partial charge on any atom is -0.355 e. The van der Waals surface area contributed by atoms with Crippen LogP contribution in [0.15, 0.2) is 54.6 Å². The number of piperazine rings is 1. The highest BCUT2D eigenvalue weighted by Gasteiger charge is 2.20. The van der Waals surface area contributed by atoms with Crippen LogP contribution in [0.4, 0.5) is 0 Å². The maximum absolute atomic E-state index is 12.3. The van der Waals surface area contributed by atoms with Crippen LogP contribution in [-0.4, -0.2) is 67.4 Å². The highest BCUT2D eigenvalue weighted by molar-refractivity contribution is 5.78. The summed E-state index contributed by atoms with van der Waals surface area (Å²) in [5.41, 5.74) is 3.68. The number of benzene rings is 2. The molecule has 32 heavy (non-hydrogen) atoms. The second-order valence-electron chi connectivity index (χ2n) is 8.81. The Kier molecular flexibility index (Phi) is 9.26. The van der Waals surface area contributed by atoms with Crippen LogP contribution < -0.4 is 10.6 Å². The van der Waals surface area contributed by atoms with Gasteiger partial charge in [0.15, 0.2) is 0 Å². The number of hydrogen-bond acceptors (Lipinski definition) is 4. The van der Waals surface area contributed by atoms with Crippen molar-refractivity contribution >= 4 is 11.8 Å². The molecule has 0 aliphatic carbocycles. The topological polar surface area (TPSA) is 64.7 Å². The molecule has 1 saturated heterocycles. The number of carbonyl (C=O) groups is 2. The SMILES string of the molecule is CC(C)c1ccc(CCNC(=O)CN2CCN(CC(=O)NCc3ccccc3)CC2)cc1. The Balaban J connectivity index is 1.28. The number of carbonyl (C=O) groups excluding carboxylic acids is 2. The van der Waals surface area contributed by atoms with Crippen molar-refractivity contribution in [3.05, 3.63) is 71.3 Å². The molecule has 6 nitrogen and oxygen atoms in total. The Labute approximate surface area is 192 Å². The summed E-state index contributed by atoms with van der Waals surface area (Å²) in [7, 11) is 0. The molecule has 172 valence electrons. The molecule has 1 heterocycles. The molecule has 0 unspecified atom stereocenters. The largest absolute Gasteiger partial charge is 0.355 e. The number of hydrogen-bond donors (Lipinski definition) is 2. The van der Waals surface area contributed by atoms with E-state index in [1.165, 1.54) is 11.1 Å². The average molecular weight is 437 g/mol. The van der Waals surface area contributed by atoms with Crippen molar-refractivity contribution in [2.45, 2.75) is 32.7 Å². The van der Waals surface area contributed by atoms with Gasteiger partial charge >= 0.3 is 0 Å². The van der Waals surface area contributed by atoms with Crippen molar-refractivity contribution in [2.24, 2.45) is 0 Å². The minimum absolute atomic E-state index is 0.0430. The lowest BCUT2D eigenvalue weighted by Gasteiger charge is -2.33. The molecule has 2 aromatic rings. The van der Waals surface area contributed by atoms with Crippen molar-refractivity contribution in [1.29, 1.82) is 0 Å². The third-order valence-electron chi connectivity index (χ3n) is 5.91. The Morgan fingerprint density at radius 1 is 0.781 bits per heavy atom. The van der Waals surface area contributed by atoms with Crippen LogP contribution in [-0.2, 0) is 22.6 Å². The normalized spacial score (nSPS) is 15.0. The third kappa shape index (κ3) is 8.09. The van der Waals surface area contributed by atoms with E-state index in [0.717, 1.165) is 38.2 Å². The molecule has 6 heteroatoms. The van der Waals surface area contributed by atoms with E-state index in [1.807, 2.05) is 30.3 Å². The van der Waals surface area contributed by atoms with E-state index in [1.54, 1.807) is 0 Å². The van der Waals surface area contributed by atoms with Crippen molar-refractivity contribution in [1.82, 2.24) is 20.4 Å². The van der Waals surface area contributed by atoms with Gasteiger partial charge < -0.3 is 10.6 Å². The smallest absolute Gasteiger partial charge is 0.234 e. The molecular formula is C26H36N4O2. The summed E-state index contributed by atoms with van der Waals surface area (Å²) < 4.78 is 0. The van der Waals surface area contributed by atoms with Crippen molar-refractivity contribution in [2.75, 3.05) is 45.8 Å². The van der Waals surface area contributed by atoms with Crippen LogP contribution in [0, 0.1) is 0 Å². The molecule has 0 spiro atoms. The molecule has 1 aliphatic heterocycles. The Morgan fingerprint density at radius 2 is 1.34 bits per heavy atom. The van der Waals surface area contributed by atoms with Gasteiger partial charge in [-0.05, 0) is 29.0 Å². The number of rotatable bonds is 10. The molecule has 2 amide bonds. The number of nitrogens with one attached hydrogen (secondary N) is 2. The van der Waals surface area contributed by atoms with E-state index in [9.17, 15) is 9.59 Å². The van der Waals surface area contributed by atoms with E-state index in [4.69, 9.17) is 0 Å². The van der Waals surface area contributed by atoms with Crippen molar-refractivity contribution in [3.8, 4) is 0 Å².